The number of hydrogen-bond donors (Lipinski definition) is 1. The topological polar surface area (TPSA) is 71.0 Å². The number of aromatic nitrogens is 3. The van der Waals surface area contributed by atoms with Crippen LogP contribution >= 0.6 is 0 Å². The molecule has 2 rings (SSSR count). The Balaban J connectivity index is 2.10. The minimum Gasteiger partial charge on any atom is -0.359 e. The third-order valence-electron chi connectivity index (χ3n) is 3.42. The van der Waals surface area contributed by atoms with E-state index < -0.39 is 0 Å². The molecule has 0 bridgehead atoms. The molecule has 0 spiro atoms. The summed E-state index contributed by atoms with van der Waals surface area (Å²) in [6.07, 6.45) is 4.46. The highest BCUT2D eigenvalue weighted by Crippen LogP contribution is 2.13. The van der Waals surface area contributed by atoms with Crippen molar-refractivity contribution in [1.29, 1.82) is 0 Å². The van der Waals surface area contributed by atoms with Crippen molar-refractivity contribution in [3.63, 3.8) is 0 Å². The highest BCUT2D eigenvalue weighted by Gasteiger charge is 2.18. The van der Waals surface area contributed by atoms with E-state index in [1.165, 1.54) is 5.56 Å². The van der Waals surface area contributed by atoms with E-state index in [4.69, 9.17) is 0 Å². The monoisotopic (exact) mass is 327 g/mol. The van der Waals surface area contributed by atoms with E-state index in [1.807, 2.05) is 44.9 Å². The first-order valence-electron chi connectivity index (χ1n) is 8.03. The number of aryl methyl sites for hydroxylation is 1. The first-order chi connectivity index (χ1) is 11.2. The molecule has 0 aliphatic heterocycles. The lowest BCUT2D eigenvalue weighted by atomic mass is 10.1. The Morgan fingerprint density at radius 3 is 2.50 bits per heavy atom. The lowest BCUT2D eigenvalue weighted by molar-refractivity contribution is 0.0914. The third kappa shape index (κ3) is 5.30. The molecule has 2 aromatic rings. The van der Waals surface area contributed by atoms with Gasteiger partial charge in [0, 0.05) is 37.6 Å². The van der Waals surface area contributed by atoms with Crippen LogP contribution in [-0.2, 0) is 6.42 Å². The Bertz CT molecular complexity index is 694. The van der Waals surface area contributed by atoms with E-state index in [0.717, 1.165) is 18.8 Å². The van der Waals surface area contributed by atoms with Gasteiger partial charge in [-0.25, -0.2) is 9.97 Å². The zero-order valence-electron chi connectivity index (χ0n) is 15.0. The number of nitrogens with one attached hydrogen (secondary N) is 1. The van der Waals surface area contributed by atoms with E-state index in [-0.39, 0.29) is 11.4 Å². The van der Waals surface area contributed by atoms with Gasteiger partial charge in [0.05, 0.1) is 0 Å². The smallest absolute Gasteiger partial charge is 0.270 e. The standard InChI is InChI=1S/C18H25N5O/c1-13-20-15(17(24)22-18(2,3)4)12-16(21-13)23(5)11-8-14-6-9-19-10-7-14/h6-7,9-10,12H,8,11H2,1-5H3,(H,22,24). The molecule has 0 saturated carbocycles. The SMILES string of the molecule is Cc1nc(C(=O)NC(C)(C)C)cc(N(C)CCc2ccncc2)n1. The number of likely N-dealkylation sites (N-methyl/N-ethyl adjacent to an activating group) is 1. The van der Waals surface area contributed by atoms with Crippen LogP contribution in [0.3, 0.4) is 0 Å². The first-order valence-corrected chi connectivity index (χ1v) is 8.03. The number of amides is 1. The van der Waals surface area contributed by atoms with Crippen LogP contribution in [0, 0.1) is 6.92 Å². The number of rotatable bonds is 5. The molecule has 0 atom stereocenters. The number of anilines is 1. The number of carbonyl (C=O) groups is 1. The van der Waals surface area contributed by atoms with Gasteiger partial charge in [-0.15, -0.1) is 0 Å². The van der Waals surface area contributed by atoms with Crippen molar-refractivity contribution in [3.8, 4) is 0 Å². The van der Waals surface area contributed by atoms with Crippen molar-refractivity contribution in [1.82, 2.24) is 20.3 Å². The molecule has 24 heavy (non-hydrogen) atoms. The summed E-state index contributed by atoms with van der Waals surface area (Å²) >= 11 is 0. The van der Waals surface area contributed by atoms with Crippen LogP contribution in [0.15, 0.2) is 30.6 Å². The van der Waals surface area contributed by atoms with Gasteiger partial charge >= 0.3 is 0 Å². The quantitative estimate of drug-likeness (QED) is 0.913. The molecule has 1 amide bonds. The lowest BCUT2D eigenvalue weighted by Crippen LogP contribution is -2.41. The second-order valence-electron chi connectivity index (χ2n) is 6.89. The fourth-order valence-corrected chi connectivity index (χ4v) is 2.23. The maximum absolute atomic E-state index is 12.3. The third-order valence-corrected chi connectivity index (χ3v) is 3.42. The normalized spacial score (nSPS) is 11.2. The Labute approximate surface area is 143 Å². The summed E-state index contributed by atoms with van der Waals surface area (Å²) in [6.45, 7) is 8.43. The predicted octanol–water partition coefficient (Wildman–Crippen LogP) is 2.39. The van der Waals surface area contributed by atoms with Gasteiger partial charge in [0.2, 0.25) is 0 Å². The van der Waals surface area contributed by atoms with Crippen LogP contribution in [0.4, 0.5) is 5.82 Å². The minimum atomic E-state index is -0.302. The summed E-state index contributed by atoms with van der Waals surface area (Å²) in [5, 5.41) is 2.93. The highest BCUT2D eigenvalue weighted by atomic mass is 16.2. The van der Waals surface area contributed by atoms with E-state index in [2.05, 4.69) is 20.3 Å². The molecule has 2 aromatic heterocycles. The molecule has 0 radical (unpaired) electrons. The Morgan fingerprint density at radius 2 is 1.88 bits per heavy atom. The van der Waals surface area contributed by atoms with Crippen LogP contribution < -0.4 is 10.2 Å². The largest absolute Gasteiger partial charge is 0.359 e. The predicted molar refractivity (Wildman–Crippen MR) is 95.2 cm³/mol. The minimum absolute atomic E-state index is 0.184. The summed E-state index contributed by atoms with van der Waals surface area (Å²) in [4.78, 5) is 27.1. The van der Waals surface area contributed by atoms with Crippen LogP contribution in [-0.4, -0.2) is 40.0 Å². The van der Waals surface area contributed by atoms with Crippen molar-refractivity contribution >= 4 is 11.7 Å². The zero-order chi connectivity index (χ0) is 17.7. The van der Waals surface area contributed by atoms with Gasteiger partial charge in [0.25, 0.3) is 5.91 Å². The average molecular weight is 327 g/mol. The van der Waals surface area contributed by atoms with Gasteiger partial charge in [-0.1, -0.05) is 0 Å². The maximum atomic E-state index is 12.3. The van der Waals surface area contributed by atoms with E-state index >= 15 is 0 Å². The van der Waals surface area contributed by atoms with Crippen molar-refractivity contribution in [3.05, 3.63) is 47.7 Å². The van der Waals surface area contributed by atoms with Crippen LogP contribution in [0.1, 0.15) is 42.6 Å². The molecule has 0 fully saturated rings. The van der Waals surface area contributed by atoms with Gasteiger partial charge in [-0.05, 0) is 51.8 Å². The number of nitrogens with zero attached hydrogens (tertiary/aromatic N) is 4. The zero-order valence-corrected chi connectivity index (χ0v) is 15.0. The van der Waals surface area contributed by atoms with E-state index in [9.17, 15) is 4.79 Å². The van der Waals surface area contributed by atoms with Crippen LogP contribution in [0.25, 0.3) is 0 Å². The fraction of sp³-hybridized carbons (Fsp3) is 0.444. The summed E-state index contributed by atoms with van der Waals surface area (Å²) in [7, 11) is 1.97. The van der Waals surface area contributed by atoms with Crippen LogP contribution in [0.5, 0.6) is 0 Å². The number of carbonyl (C=O) groups excluding carboxylic acids is 1. The summed E-state index contributed by atoms with van der Waals surface area (Å²) in [5.41, 5.74) is 1.31. The second-order valence-corrected chi connectivity index (χ2v) is 6.89. The molecule has 0 unspecified atom stereocenters. The van der Waals surface area contributed by atoms with Crippen molar-refractivity contribution < 1.29 is 4.79 Å². The van der Waals surface area contributed by atoms with Gasteiger partial charge < -0.3 is 10.2 Å². The molecular formula is C18H25N5O. The Morgan fingerprint density at radius 1 is 1.21 bits per heavy atom. The summed E-state index contributed by atoms with van der Waals surface area (Å²) in [6, 6.07) is 5.74. The number of pyridine rings is 1. The molecular weight excluding hydrogens is 302 g/mol. The molecule has 6 heteroatoms. The summed E-state index contributed by atoms with van der Waals surface area (Å²) in [5.74, 6) is 1.15. The van der Waals surface area contributed by atoms with Crippen LogP contribution in [0.2, 0.25) is 0 Å². The maximum Gasteiger partial charge on any atom is 0.270 e. The van der Waals surface area contributed by atoms with Crippen molar-refractivity contribution in [2.45, 2.75) is 39.7 Å². The fourth-order valence-electron chi connectivity index (χ4n) is 2.23. The second kappa shape index (κ2) is 7.38. The first kappa shape index (κ1) is 17.8. The molecule has 1 N–H and O–H groups in total. The Kier molecular flexibility index (Phi) is 5.49. The van der Waals surface area contributed by atoms with E-state index in [1.54, 1.807) is 25.4 Å². The number of hydrogen-bond acceptors (Lipinski definition) is 5. The molecule has 128 valence electrons. The molecule has 0 saturated heterocycles. The molecule has 6 nitrogen and oxygen atoms in total. The van der Waals surface area contributed by atoms with Crippen molar-refractivity contribution in [2.24, 2.45) is 0 Å². The molecule has 0 aliphatic carbocycles. The lowest BCUT2D eigenvalue weighted by Gasteiger charge is -2.22. The van der Waals surface area contributed by atoms with E-state index in [0.29, 0.717) is 11.5 Å². The highest BCUT2D eigenvalue weighted by molar-refractivity contribution is 5.93. The Hall–Kier alpha value is -2.50. The molecule has 2 heterocycles. The molecule has 0 aromatic carbocycles. The molecule has 0 aliphatic rings. The van der Waals surface area contributed by atoms with Gasteiger partial charge in [0.1, 0.15) is 17.3 Å². The van der Waals surface area contributed by atoms with Crippen molar-refractivity contribution in [2.75, 3.05) is 18.5 Å². The van der Waals surface area contributed by atoms with Gasteiger partial charge in [-0.2, -0.15) is 0 Å². The average Bonchev–Trinajstić information content (AvgIpc) is 2.51. The summed E-state index contributed by atoms with van der Waals surface area (Å²) < 4.78 is 0. The van der Waals surface area contributed by atoms with Gasteiger partial charge in [0.15, 0.2) is 0 Å². The van der Waals surface area contributed by atoms with Gasteiger partial charge in [-0.3, -0.25) is 9.78 Å².